The SMILES string of the molecule is N[C@@H](CC(=O)O)C(=O)O.O=C=O. The van der Waals surface area contributed by atoms with Gasteiger partial charge in [0.05, 0.1) is 6.42 Å². The topological polar surface area (TPSA) is 135 Å². The number of hydrogen-bond acceptors (Lipinski definition) is 5. The van der Waals surface area contributed by atoms with Crippen LogP contribution >= 0.6 is 0 Å². The van der Waals surface area contributed by atoms with Crippen molar-refractivity contribution in [1.29, 1.82) is 0 Å². The standard InChI is InChI=1S/C4H7NO4.CO2/c5-2(4(8)9)1-3(6)7;2-1-3/h2H,1,5H2,(H,6,7)(H,8,9);/t2-;/m0./s1. The summed E-state index contributed by atoms with van der Waals surface area (Å²) in [6.07, 6.45) is -0.282. The van der Waals surface area contributed by atoms with Crippen molar-refractivity contribution in [2.45, 2.75) is 12.5 Å². The number of carbonyl (C=O) groups excluding carboxylic acids is 2. The highest BCUT2D eigenvalue weighted by atomic mass is 16.4. The molecule has 1 atom stereocenters. The minimum absolute atomic E-state index is 0.250. The first-order chi connectivity index (χ1) is 5.45. The summed E-state index contributed by atoms with van der Waals surface area (Å²) in [5.41, 5.74) is 4.84. The van der Waals surface area contributed by atoms with Crippen molar-refractivity contribution in [3.05, 3.63) is 0 Å². The van der Waals surface area contributed by atoms with Gasteiger partial charge in [0, 0.05) is 0 Å². The summed E-state index contributed by atoms with van der Waals surface area (Å²) < 4.78 is 0. The molecule has 0 aromatic carbocycles. The molecule has 0 heterocycles. The zero-order chi connectivity index (χ0) is 10.1. The summed E-state index contributed by atoms with van der Waals surface area (Å²) in [7, 11) is 0. The van der Waals surface area contributed by atoms with E-state index < -0.39 is 24.4 Å². The van der Waals surface area contributed by atoms with Crippen LogP contribution in [0.15, 0.2) is 0 Å². The Morgan fingerprint density at radius 1 is 1.33 bits per heavy atom. The van der Waals surface area contributed by atoms with Crippen LogP contribution in [0, 0.1) is 0 Å². The molecule has 0 spiro atoms. The van der Waals surface area contributed by atoms with Crippen molar-refractivity contribution >= 4 is 18.1 Å². The fourth-order valence-electron chi connectivity index (χ4n) is 0.275. The van der Waals surface area contributed by atoms with Crippen LogP contribution in [-0.4, -0.2) is 34.3 Å². The van der Waals surface area contributed by atoms with E-state index in [0.29, 0.717) is 0 Å². The zero-order valence-corrected chi connectivity index (χ0v) is 5.89. The van der Waals surface area contributed by atoms with Gasteiger partial charge < -0.3 is 15.9 Å². The predicted molar refractivity (Wildman–Crippen MR) is 32.9 cm³/mol. The van der Waals surface area contributed by atoms with Crippen LogP contribution in [0.1, 0.15) is 6.42 Å². The predicted octanol–water partition coefficient (Wildman–Crippen LogP) is -1.71. The lowest BCUT2D eigenvalue weighted by molar-refractivity contribution is -0.191. The molecule has 7 heteroatoms. The van der Waals surface area contributed by atoms with Crippen LogP contribution in [0.25, 0.3) is 0 Å². The Bertz CT molecular complexity index is 194. The van der Waals surface area contributed by atoms with Gasteiger partial charge in [-0.1, -0.05) is 0 Å². The zero-order valence-electron chi connectivity index (χ0n) is 5.89. The normalized spacial score (nSPS) is 10.1. The van der Waals surface area contributed by atoms with Gasteiger partial charge in [-0.2, -0.15) is 9.59 Å². The number of rotatable bonds is 3. The van der Waals surface area contributed by atoms with Crippen molar-refractivity contribution in [3.8, 4) is 0 Å². The van der Waals surface area contributed by atoms with Gasteiger partial charge in [0.25, 0.3) is 0 Å². The Morgan fingerprint density at radius 3 is 1.75 bits per heavy atom. The molecular weight excluding hydrogens is 170 g/mol. The third-order valence-electron chi connectivity index (χ3n) is 0.712. The molecule has 0 aliphatic rings. The molecule has 0 aliphatic carbocycles. The van der Waals surface area contributed by atoms with E-state index in [1.54, 1.807) is 0 Å². The lowest BCUT2D eigenvalue weighted by Crippen LogP contribution is -2.32. The molecule has 7 nitrogen and oxygen atoms in total. The molecule has 0 aliphatic heterocycles. The number of aliphatic carboxylic acids is 2. The van der Waals surface area contributed by atoms with E-state index in [-0.39, 0.29) is 6.15 Å². The first-order valence-electron chi connectivity index (χ1n) is 2.65. The van der Waals surface area contributed by atoms with Crippen molar-refractivity contribution < 1.29 is 29.4 Å². The van der Waals surface area contributed by atoms with Gasteiger partial charge in [-0.05, 0) is 0 Å². The van der Waals surface area contributed by atoms with Crippen molar-refractivity contribution in [2.24, 2.45) is 5.73 Å². The largest absolute Gasteiger partial charge is 0.481 e. The molecule has 0 amide bonds. The molecule has 0 saturated heterocycles. The van der Waals surface area contributed by atoms with E-state index in [4.69, 9.17) is 25.5 Å². The summed E-state index contributed by atoms with van der Waals surface area (Å²) >= 11 is 0. The summed E-state index contributed by atoms with van der Waals surface area (Å²) in [6, 6.07) is -1.29. The van der Waals surface area contributed by atoms with Gasteiger partial charge in [0.15, 0.2) is 0 Å². The Morgan fingerprint density at radius 2 is 1.67 bits per heavy atom. The molecule has 0 fully saturated rings. The first-order valence-corrected chi connectivity index (χ1v) is 2.65. The number of hydrogen-bond donors (Lipinski definition) is 3. The smallest absolute Gasteiger partial charge is 0.373 e. The quantitative estimate of drug-likeness (QED) is 0.467. The van der Waals surface area contributed by atoms with E-state index in [1.165, 1.54) is 0 Å². The highest BCUT2D eigenvalue weighted by Crippen LogP contribution is 1.86. The molecule has 0 saturated carbocycles. The van der Waals surface area contributed by atoms with Crippen LogP contribution in [0.5, 0.6) is 0 Å². The van der Waals surface area contributed by atoms with Gasteiger partial charge in [0.2, 0.25) is 0 Å². The van der Waals surface area contributed by atoms with Crippen molar-refractivity contribution in [2.75, 3.05) is 0 Å². The highest BCUT2D eigenvalue weighted by molar-refractivity contribution is 5.80. The molecule has 4 N–H and O–H groups in total. The Hall–Kier alpha value is -1.72. The monoisotopic (exact) mass is 177 g/mol. The van der Waals surface area contributed by atoms with Crippen LogP contribution < -0.4 is 5.73 Å². The molecule has 0 rings (SSSR count). The highest BCUT2D eigenvalue weighted by Gasteiger charge is 2.14. The second-order valence-corrected chi connectivity index (χ2v) is 1.63. The van der Waals surface area contributed by atoms with Gasteiger partial charge >= 0.3 is 18.1 Å². The summed E-state index contributed by atoms with van der Waals surface area (Å²) in [6.45, 7) is 0. The summed E-state index contributed by atoms with van der Waals surface area (Å²) in [5, 5.41) is 16.0. The molecular formula is C5H7NO6. The second kappa shape index (κ2) is 7.39. The number of nitrogens with two attached hydrogens (primary N) is 1. The molecule has 0 aromatic rings. The maximum absolute atomic E-state index is 9.85. The van der Waals surface area contributed by atoms with Gasteiger partial charge in [-0.15, -0.1) is 0 Å². The number of carboxylic acid groups (broad SMARTS) is 2. The fraction of sp³-hybridized carbons (Fsp3) is 0.400. The third kappa shape index (κ3) is 11.1. The first kappa shape index (κ1) is 12.9. The van der Waals surface area contributed by atoms with Crippen LogP contribution in [0.4, 0.5) is 0 Å². The Kier molecular flexibility index (Phi) is 7.95. The number of carbonyl (C=O) groups is 2. The van der Waals surface area contributed by atoms with Gasteiger partial charge in [0.1, 0.15) is 6.04 Å². The molecule has 12 heavy (non-hydrogen) atoms. The molecule has 0 aromatic heterocycles. The minimum Gasteiger partial charge on any atom is -0.481 e. The van der Waals surface area contributed by atoms with E-state index in [0.717, 1.165) is 0 Å². The molecule has 0 bridgehead atoms. The van der Waals surface area contributed by atoms with E-state index >= 15 is 0 Å². The van der Waals surface area contributed by atoms with Crippen LogP contribution in [0.2, 0.25) is 0 Å². The van der Waals surface area contributed by atoms with Gasteiger partial charge in [-0.3, -0.25) is 9.59 Å². The minimum atomic E-state index is -1.29. The van der Waals surface area contributed by atoms with E-state index in [1.807, 2.05) is 0 Å². The van der Waals surface area contributed by atoms with Crippen molar-refractivity contribution in [1.82, 2.24) is 0 Å². The third-order valence-corrected chi connectivity index (χ3v) is 0.712. The Labute approximate surface area is 66.8 Å². The summed E-state index contributed by atoms with van der Waals surface area (Å²) in [5.74, 6) is -2.50. The molecule has 68 valence electrons. The van der Waals surface area contributed by atoms with E-state index in [9.17, 15) is 9.59 Å². The van der Waals surface area contributed by atoms with Crippen molar-refractivity contribution in [3.63, 3.8) is 0 Å². The average molecular weight is 177 g/mol. The fourth-order valence-corrected chi connectivity index (χ4v) is 0.275. The summed E-state index contributed by atoms with van der Waals surface area (Å²) in [4.78, 5) is 35.9. The number of carboxylic acids is 2. The lowest BCUT2D eigenvalue weighted by Gasteiger charge is -1.99. The van der Waals surface area contributed by atoms with E-state index in [2.05, 4.69) is 0 Å². The molecule has 0 radical (unpaired) electrons. The second-order valence-electron chi connectivity index (χ2n) is 1.63. The lowest BCUT2D eigenvalue weighted by atomic mass is 10.2. The van der Waals surface area contributed by atoms with Gasteiger partial charge in [-0.25, -0.2) is 0 Å². The molecule has 0 unspecified atom stereocenters. The Balaban J connectivity index is 0. The average Bonchev–Trinajstić information content (AvgIpc) is 1.87. The van der Waals surface area contributed by atoms with Crippen LogP contribution in [0.3, 0.4) is 0 Å². The van der Waals surface area contributed by atoms with Crippen LogP contribution in [-0.2, 0) is 19.2 Å². The maximum atomic E-state index is 9.85. The maximum Gasteiger partial charge on any atom is 0.373 e.